The zero-order valence-corrected chi connectivity index (χ0v) is 8.95. The maximum atomic E-state index is 12.2. The first-order chi connectivity index (χ1) is 7.04. The van der Waals surface area contributed by atoms with Crippen LogP contribution in [0.4, 0.5) is 19.0 Å². The van der Waals surface area contributed by atoms with Crippen LogP contribution in [0.3, 0.4) is 0 Å². The lowest BCUT2D eigenvalue weighted by Gasteiger charge is -2.07. The van der Waals surface area contributed by atoms with Crippen LogP contribution in [-0.4, -0.2) is 23.5 Å². The summed E-state index contributed by atoms with van der Waals surface area (Å²) in [7, 11) is 0. The van der Waals surface area contributed by atoms with E-state index in [1.807, 2.05) is 6.26 Å². The van der Waals surface area contributed by atoms with Gasteiger partial charge in [-0.3, -0.25) is 0 Å². The molecule has 0 spiro atoms. The molecule has 0 aliphatic carbocycles. The minimum atomic E-state index is -4.31. The van der Waals surface area contributed by atoms with Gasteiger partial charge in [0.25, 0.3) is 0 Å². The van der Waals surface area contributed by atoms with Crippen molar-refractivity contribution in [3.63, 3.8) is 0 Å². The summed E-state index contributed by atoms with van der Waals surface area (Å²) in [5, 5.41) is 2.92. The number of hydrogen-bond donors (Lipinski definition) is 1. The third-order valence-electron chi connectivity index (χ3n) is 1.70. The quantitative estimate of drug-likeness (QED) is 0.814. The van der Waals surface area contributed by atoms with Crippen molar-refractivity contribution >= 4 is 17.6 Å². The van der Waals surface area contributed by atoms with E-state index in [0.717, 1.165) is 18.0 Å². The second-order valence-corrected chi connectivity index (χ2v) is 3.84. The van der Waals surface area contributed by atoms with Gasteiger partial charge in [0.1, 0.15) is 5.82 Å². The third-order valence-corrected chi connectivity index (χ3v) is 2.32. The average Bonchev–Trinajstić information content (AvgIpc) is 2.18. The summed E-state index contributed by atoms with van der Waals surface area (Å²) in [4.78, 5) is 3.68. The highest BCUT2D eigenvalue weighted by Gasteiger charge is 2.30. The Labute approximate surface area is 90.3 Å². The molecule has 0 aromatic carbocycles. The van der Waals surface area contributed by atoms with Crippen molar-refractivity contribution in [2.24, 2.45) is 0 Å². The molecule has 0 amide bonds. The van der Waals surface area contributed by atoms with Crippen LogP contribution in [0.2, 0.25) is 0 Å². The lowest BCUT2D eigenvalue weighted by atomic mass is 10.3. The van der Waals surface area contributed by atoms with Crippen molar-refractivity contribution in [1.82, 2.24) is 4.98 Å². The van der Waals surface area contributed by atoms with Crippen LogP contribution in [0.1, 0.15) is 5.56 Å². The Hall–Kier alpha value is -0.910. The number of alkyl halides is 3. The van der Waals surface area contributed by atoms with E-state index in [4.69, 9.17) is 0 Å². The van der Waals surface area contributed by atoms with E-state index >= 15 is 0 Å². The summed E-state index contributed by atoms with van der Waals surface area (Å²) in [5.41, 5.74) is -0.724. The highest BCUT2D eigenvalue weighted by atomic mass is 32.2. The van der Waals surface area contributed by atoms with Gasteiger partial charge >= 0.3 is 6.18 Å². The molecule has 0 atom stereocenters. The molecule has 0 radical (unpaired) electrons. The van der Waals surface area contributed by atoms with Crippen molar-refractivity contribution in [2.45, 2.75) is 6.18 Å². The molecule has 1 aromatic heterocycles. The van der Waals surface area contributed by atoms with Crippen LogP contribution in [0, 0.1) is 0 Å². The Morgan fingerprint density at radius 3 is 2.60 bits per heavy atom. The first-order valence-electron chi connectivity index (χ1n) is 4.30. The van der Waals surface area contributed by atoms with Crippen molar-refractivity contribution in [1.29, 1.82) is 0 Å². The van der Waals surface area contributed by atoms with Gasteiger partial charge in [0.05, 0.1) is 5.56 Å². The Balaban J connectivity index is 2.57. The predicted octanol–water partition coefficient (Wildman–Crippen LogP) is 2.88. The predicted molar refractivity (Wildman–Crippen MR) is 56.1 cm³/mol. The van der Waals surface area contributed by atoms with Crippen LogP contribution in [0.15, 0.2) is 18.3 Å². The maximum Gasteiger partial charge on any atom is 0.417 e. The smallest absolute Gasteiger partial charge is 0.369 e. The Morgan fingerprint density at radius 1 is 1.40 bits per heavy atom. The van der Waals surface area contributed by atoms with Crippen LogP contribution in [0.5, 0.6) is 0 Å². The van der Waals surface area contributed by atoms with E-state index in [9.17, 15) is 13.2 Å². The SMILES string of the molecule is CSCCNc1ccc(C(F)(F)F)cn1. The van der Waals surface area contributed by atoms with E-state index in [1.165, 1.54) is 6.07 Å². The molecule has 0 saturated heterocycles. The Bertz CT molecular complexity index is 297. The monoisotopic (exact) mass is 236 g/mol. The van der Waals surface area contributed by atoms with E-state index in [1.54, 1.807) is 11.8 Å². The standard InChI is InChI=1S/C9H11F3N2S/c1-15-5-4-13-8-3-2-7(6-14-8)9(10,11)12/h2-3,6H,4-5H2,1H3,(H,13,14). The molecule has 1 heterocycles. The summed E-state index contributed by atoms with van der Waals surface area (Å²) in [6, 6.07) is 2.36. The van der Waals surface area contributed by atoms with Crippen LogP contribution >= 0.6 is 11.8 Å². The van der Waals surface area contributed by atoms with Crippen molar-refractivity contribution in [3.8, 4) is 0 Å². The molecular formula is C9H11F3N2S. The van der Waals surface area contributed by atoms with Gasteiger partial charge in [-0.05, 0) is 18.4 Å². The van der Waals surface area contributed by atoms with Crippen LogP contribution in [0.25, 0.3) is 0 Å². The average molecular weight is 236 g/mol. The molecule has 1 N–H and O–H groups in total. The lowest BCUT2D eigenvalue weighted by Crippen LogP contribution is -2.08. The molecule has 0 fully saturated rings. The fourth-order valence-electron chi connectivity index (χ4n) is 0.947. The normalized spacial score (nSPS) is 11.5. The minimum absolute atomic E-state index is 0.469. The first kappa shape index (κ1) is 12.2. The fraction of sp³-hybridized carbons (Fsp3) is 0.444. The summed E-state index contributed by atoms with van der Waals surface area (Å²) in [6.45, 7) is 0.694. The number of halogens is 3. The molecule has 0 bridgehead atoms. The van der Waals surface area contributed by atoms with Gasteiger partial charge in [-0.2, -0.15) is 24.9 Å². The Kier molecular flexibility index (Phi) is 4.26. The number of nitrogens with one attached hydrogen (secondary N) is 1. The second kappa shape index (κ2) is 5.25. The van der Waals surface area contributed by atoms with Gasteiger partial charge in [-0.25, -0.2) is 4.98 Å². The number of anilines is 1. The minimum Gasteiger partial charge on any atom is -0.369 e. The van der Waals surface area contributed by atoms with E-state index in [-0.39, 0.29) is 0 Å². The lowest BCUT2D eigenvalue weighted by molar-refractivity contribution is -0.137. The number of rotatable bonds is 4. The van der Waals surface area contributed by atoms with E-state index < -0.39 is 11.7 Å². The number of pyridine rings is 1. The maximum absolute atomic E-state index is 12.2. The van der Waals surface area contributed by atoms with Gasteiger partial charge in [0.2, 0.25) is 0 Å². The van der Waals surface area contributed by atoms with Gasteiger partial charge in [-0.1, -0.05) is 0 Å². The molecule has 1 rings (SSSR count). The highest BCUT2D eigenvalue weighted by Crippen LogP contribution is 2.28. The fourth-order valence-corrected chi connectivity index (χ4v) is 1.25. The number of nitrogens with zero attached hydrogens (tertiary/aromatic N) is 1. The molecular weight excluding hydrogens is 225 g/mol. The summed E-state index contributed by atoms with van der Waals surface area (Å²) in [6.07, 6.45) is -1.52. The van der Waals surface area contributed by atoms with Crippen LogP contribution in [-0.2, 0) is 6.18 Å². The molecule has 0 aliphatic heterocycles. The van der Waals surface area contributed by atoms with Crippen LogP contribution < -0.4 is 5.32 Å². The zero-order valence-electron chi connectivity index (χ0n) is 8.14. The molecule has 84 valence electrons. The van der Waals surface area contributed by atoms with Gasteiger partial charge < -0.3 is 5.32 Å². The molecule has 2 nitrogen and oxygen atoms in total. The molecule has 0 aliphatic rings. The molecule has 15 heavy (non-hydrogen) atoms. The Morgan fingerprint density at radius 2 is 2.13 bits per heavy atom. The number of aromatic nitrogens is 1. The first-order valence-corrected chi connectivity index (χ1v) is 5.69. The molecule has 6 heteroatoms. The van der Waals surface area contributed by atoms with Gasteiger partial charge in [-0.15, -0.1) is 0 Å². The van der Waals surface area contributed by atoms with E-state index in [2.05, 4.69) is 10.3 Å². The third kappa shape index (κ3) is 3.99. The molecule has 0 saturated carbocycles. The number of hydrogen-bond acceptors (Lipinski definition) is 3. The second-order valence-electron chi connectivity index (χ2n) is 2.85. The van der Waals surface area contributed by atoms with Gasteiger partial charge in [0.15, 0.2) is 0 Å². The number of thioether (sulfide) groups is 1. The topological polar surface area (TPSA) is 24.9 Å². The molecule has 0 unspecified atom stereocenters. The van der Waals surface area contributed by atoms with Crippen molar-refractivity contribution < 1.29 is 13.2 Å². The van der Waals surface area contributed by atoms with Crippen molar-refractivity contribution in [2.75, 3.05) is 23.9 Å². The largest absolute Gasteiger partial charge is 0.417 e. The van der Waals surface area contributed by atoms with E-state index in [0.29, 0.717) is 12.4 Å². The zero-order chi connectivity index (χ0) is 11.3. The highest BCUT2D eigenvalue weighted by molar-refractivity contribution is 7.98. The molecule has 1 aromatic rings. The summed E-state index contributed by atoms with van der Waals surface area (Å²) >= 11 is 1.66. The summed E-state index contributed by atoms with van der Waals surface area (Å²) in [5.74, 6) is 1.36. The summed E-state index contributed by atoms with van der Waals surface area (Å²) < 4.78 is 36.5. The van der Waals surface area contributed by atoms with Gasteiger partial charge in [0, 0.05) is 18.5 Å². The van der Waals surface area contributed by atoms with Crippen molar-refractivity contribution in [3.05, 3.63) is 23.9 Å².